The van der Waals surface area contributed by atoms with Crippen molar-refractivity contribution < 1.29 is 9.53 Å². The smallest absolute Gasteiger partial charge is 0.315 e. The molecule has 2 amide bonds. The van der Waals surface area contributed by atoms with Crippen LogP contribution in [0.4, 0.5) is 4.79 Å². The molecule has 0 bridgehead atoms. The van der Waals surface area contributed by atoms with E-state index in [2.05, 4.69) is 25.7 Å². The minimum absolute atomic E-state index is 0.0597. The van der Waals surface area contributed by atoms with Gasteiger partial charge in [0.15, 0.2) is 0 Å². The fourth-order valence-electron chi connectivity index (χ4n) is 2.59. The van der Waals surface area contributed by atoms with Gasteiger partial charge in [0, 0.05) is 24.7 Å². The maximum absolute atomic E-state index is 12.1. The van der Waals surface area contributed by atoms with Crippen molar-refractivity contribution in [1.82, 2.24) is 30.4 Å². The zero-order valence-electron chi connectivity index (χ0n) is 13.0. The molecular weight excluding hydrogens is 296 g/mol. The van der Waals surface area contributed by atoms with Crippen molar-refractivity contribution in [2.45, 2.75) is 38.9 Å². The summed E-state index contributed by atoms with van der Waals surface area (Å²) in [6.45, 7) is 3.47. The number of carbonyl (C=O) groups excluding carboxylic acids is 1. The van der Waals surface area contributed by atoms with Crippen molar-refractivity contribution in [2.24, 2.45) is 0 Å². The molecule has 8 nitrogen and oxygen atoms in total. The van der Waals surface area contributed by atoms with Gasteiger partial charge in [0.1, 0.15) is 12.2 Å². The molecule has 0 spiro atoms. The number of aromatic nitrogens is 4. The average molecular weight is 316 g/mol. The second-order valence-electron chi connectivity index (χ2n) is 5.32. The number of hydrogen-bond acceptors (Lipinski definition) is 5. The Morgan fingerprint density at radius 1 is 1.48 bits per heavy atom. The molecule has 0 radical (unpaired) electrons. The summed E-state index contributed by atoms with van der Waals surface area (Å²) in [6, 6.07) is 3.57. The number of nitrogens with one attached hydrogen (secondary N) is 2. The minimum Gasteiger partial charge on any atom is -0.478 e. The van der Waals surface area contributed by atoms with Gasteiger partial charge in [-0.05, 0) is 19.4 Å². The molecule has 8 heteroatoms. The quantitative estimate of drug-likeness (QED) is 0.854. The monoisotopic (exact) mass is 316 g/mol. The number of carbonyl (C=O) groups is 1. The number of pyridine rings is 1. The Kier molecular flexibility index (Phi) is 4.70. The summed E-state index contributed by atoms with van der Waals surface area (Å²) in [5, 5.41) is 9.97. The van der Waals surface area contributed by atoms with Crippen LogP contribution in [0.5, 0.6) is 5.88 Å². The Morgan fingerprint density at radius 3 is 3.26 bits per heavy atom. The first-order valence-corrected chi connectivity index (χ1v) is 7.74. The number of fused-ring (bicyclic) bond motifs is 1. The third-order valence-corrected chi connectivity index (χ3v) is 3.71. The predicted molar refractivity (Wildman–Crippen MR) is 82.9 cm³/mol. The Hall–Kier alpha value is -2.64. The normalized spacial score (nSPS) is 16.5. The van der Waals surface area contributed by atoms with Crippen LogP contribution in [-0.2, 0) is 19.5 Å². The minimum atomic E-state index is -0.204. The van der Waals surface area contributed by atoms with Crippen molar-refractivity contribution in [3.8, 4) is 5.88 Å². The Balaban J connectivity index is 1.51. The maximum atomic E-state index is 12.1. The molecule has 0 aliphatic carbocycles. The molecule has 1 aliphatic rings. The van der Waals surface area contributed by atoms with Crippen molar-refractivity contribution >= 4 is 6.03 Å². The van der Waals surface area contributed by atoms with Gasteiger partial charge in [-0.3, -0.25) is 0 Å². The number of urea groups is 1. The molecule has 0 unspecified atom stereocenters. The number of ether oxygens (including phenoxy) is 1. The number of nitrogens with zero attached hydrogens (tertiary/aromatic N) is 4. The average Bonchev–Trinajstić information content (AvgIpc) is 3.02. The zero-order chi connectivity index (χ0) is 16.1. The van der Waals surface area contributed by atoms with Crippen LogP contribution >= 0.6 is 0 Å². The molecule has 0 saturated heterocycles. The Morgan fingerprint density at radius 2 is 2.39 bits per heavy atom. The van der Waals surface area contributed by atoms with Gasteiger partial charge in [-0.15, -0.1) is 0 Å². The van der Waals surface area contributed by atoms with Gasteiger partial charge in [0.2, 0.25) is 5.88 Å². The fourth-order valence-corrected chi connectivity index (χ4v) is 2.59. The highest BCUT2D eigenvalue weighted by Crippen LogP contribution is 2.14. The second-order valence-corrected chi connectivity index (χ2v) is 5.32. The number of aryl methyl sites for hydroxylation is 1. The van der Waals surface area contributed by atoms with E-state index in [0.717, 1.165) is 24.2 Å². The van der Waals surface area contributed by atoms with Crippen molar-refractivity contribution in [2.75, 3.05) is 6.61 Å². The zero-order valence-corrected chi connectivity index (χ0v) is 13.0. The lowest BCUT2D eigenvalue weighted by molar-refractivity contribution is 0.231. The van der Waals surface area contributed by atoms with Gasteiger partial charge >= 0.3 is 6.03 Å². The van der Waals surface area contributed by atoms with Crippen molar-refractivity contribution in [3.63, 3.8) is 0 Å². The van der Waals surface area contributed by atoms with E-state index in [1.54, 1.807) is 12.5 Å². The Bertz CT molecular complexity index is 671. The van der Waals surface area contributed by atoms with E-state index in [-0.39, 0.29) is 12.1 Å². The van der Waals surface area contributed by atoms with Crippen LogP contribution in [0.15, 0.2) is 24.7 Å². The molecule has 3 heterocycles. The van der Waals surface area contributed by atoms with Crippen LogP contribution in [0.1, 0.15) is 24.7 Å². The highest BCUT2D eigenvalue weighted by molar-refractivity contribution is 5.74. The molecule has 3 rings (SSSR count). The van der Waals surface area contributed by atoms with E-state index in [0.29, 0.717) is 25.6 Å². The Labute approximate surface area is 134 Å². The van der Waals surface area contributed by atoms with Crippen molar-refractivity contribution in [1.29, 1.82) is 0 Å². The number of rotatable bonds is 5. The van der Waals surface area contributed by atoms with Crippen LogP contribution < -0.4 is 15.4 Å². The van der Waals surface area contributed by atoms with Crippen LogP contribution in [0.2, 0.25) is 0 Å². The molecule has 23 heavy (non-hydrogen) atoms. The van der Waals surface area contributed by atoms with Gasteiger partial charge < -0.3 is 15.4 Å². The van der Waals surface area contributed by atoms with Crippen LogP contribution in [0.3, 0.4) is 0 Å². The van der Waals surface area contributed by atoms with Gasteiger partial charge in [0.25, 0.3) is 0 Å². The fraction of sp³-hybridized carbons (Fsp3) is 0.467. The lowest BCUT2D eigenvalue weighted by Crippen LogP contribution is -2.45. The highest BCUT2D eigenvalue weighted by Gasteiger charge is 2.21. The lowest BCUT2D eigenvalue weighted by atomic mass is 10.1. The van der Waals surface area contributed by atoms with Gasteiger partial charge in [0.05, 0.1) is 19.2 Å². The van der Waals surface area contributed by atoms with E-state index >= 15 is 0 Å². The molecule has 0 aromatic carbocycles. The predicted octanol–water partition coefficient (Wildman–Crippen LogP) is 0.886. The van der Waals surface area contributed by atoms with Crippen LogP contribution in [0, 0.1) is 0 Å². The van der Waals surface area contributed by atoms with Gasteiger partial charge in [-0.1, -0.05) is 6.07 Å². The summed E-state index contributed by atoms with van der Waals surface area (Å²) in [6.07, 6.45) is 4.91. The second kappa shape index (κ2) is 7.08. The first kappa shape index (κ1) is 15.3. The van der Waals surface area contributed by atoms with Crippen LogP contribution in [0.25, 0.3) is 0 Å². The topological polar surface area (TPSA) is 94.0 Å². The third kappa shape index (κ3) is 3.77. The van der Waals surface area contributed by atoms with Gasteiger partial charge in [-0.2, -0.15) is 5.10 Å². The molecule has 1 atom stereocenters. The standard InChI is InChI=1S/C15H20N6O2/c1-2-23-14-11(4-3-7-16-14)8-17-15(22)20-12-5-6-13-18-10-19-21(13)9-12/h3-4,7,10,12H,2,5-6,8-9H2,1H3,(H2,17,20,22)/t12-/m1/s1. The highest BCUT2D eigenvalue weighted by atomic mass is 16.5. The molecule has 2 aromatic rings. The van der Waals surface area contributed by atoms with E-state index in [1.807, 2.05) is 23.7 Å². The molecule has 1 aliphatic heterocycles. The first-order chi connectivity index (χ1) is 11.3. The molecule has 2 aromatic heterocycles. The molecule has 122 valence electrons. The summed E-state index contributed by atoms with van der Waals surface area (Å²) in [7, 11) is 0. The largest absolute Gasteiger partial charge is 0.478 e. The maximum Gasteiger partial charge on any atom is 0.315 e. The summed E-state index contributed by atoms with van der Waals surface area (Å²) in [4.78, 5) is 20.4. The number of hydrogen-bond donors (Lipinski definition) is 2. The van der Waals surface area contributed by atoms with E-state index in [1.165, 1.54) is 0 Å². The first-order valence-electron chi connectivity index (χ1n) is 7.74. The lowest BCUT2D eigenvalue weighted by Gasteiger charge is -2.23. The van der Waals surface area contributed by atoms with E-state index < -0.39 is 0 Å². The SMILES string of the molecule is CCOc1ncccc1CNC(=O)N[C@@H]1CCc2ncnn2C1. The summed E-state index contributed by atoms with van der Waals surface area (Å²) in [5.41, 5.74) is 0.853. The summed E-state index contributed by atoms with van der Waals surface area (Å²) < 4.78 is 7.28. The number of amides is 2. The summed E-state index contributed by atoms with van der Waals surface area (Å²) >= 11 is 0. The molecule has 0 saturated carbocycles. The van der Waals surface area contributed by atoms with Crippen molar-refractivity contribution in [3.05, 3.63) is 36.0 Å². The van der Waals surface area contributed by atoms with E-state index in [4.69, 9.17) is 4.74 Å². The molecule has 2 N–H and O–H groups in total. The summed E-state index contributed by atoms with van der Waals surface area (Å²) in [5.74, 6) is 1.53. The van der Waals surface area contributed by atoms with Crippen LogP contribution in [-0.4, -0.2) is 38.4 Å². The molecular formula is C15H20N6O2. The van der Waals surface area contributed by atoms with Gasteiger partial charge in [-0.25, -0.2) is 19.4 Å². The molecule has 0 fully saturated rings. The van der Waals surface area contributed by atoms with E-state index in [9.17, 15) is 4.79 Å². The third-order valence-electron chi connectivity index (χ3n) is 3.71.